The molecule has 2 aromatic rings. The van der Waals surface area contributed by atoms with Crippen molar-refractivity contribution in [2.45, 2.75) is 12.3 Å². The molecule has 0 spiro atoms. The Kier molecular flexibility index (Phi) is 6.34. The van der Waals surface area contributed by atoms with Crippen LogP contribution in [0.3, 0.4) is 0 Å². The highest BCUT2D eigenvalue weighted by Crippen LogP contribution is 2.32. The normalized spacial score (nSPS) is 13.0. The molecule has 0 radical (unpaired) electrons. The van der Waals surface area contributed by atoms with Gasteiger partial charge in [0.1, 0.15) is 0 Å². The molecule has 0 saturated heterocycles. The minimum absolute atomic E-state index is 0.0224. The highest BCUT2D eigenvalue weighted by molar-refractivity contribution is 7.85. The van der Waals surface area contributed by atoms with Crippen LogP contribution in [-0.4, -0.2) is 21.3 Å². The van der Waals surface area contributed by atoms with Crippen LogP contribution in [-0.2, 0) is 20.7 Å². The molecule has 2 aromatic carbocycles. The van der Waals surface area contributed by atoms with E-state index in [1.165, 1.54) is 0 Å². The summed E-state index contributed by atoms with van der Waals surface area (Å²) >= 11 is 18.4. The van der Waals surface area contributed by atoms with Gasteiger partial charge >= 0.3 is 0 Å². The van der Waals surface area contributed by atoms with Crippen LogP contribution in [0.2, 0.25) is 15.1 Å². The number of hydrogen-bond donors (Lipinski definition) is 0. The molecule has 0 fully saturated rings. The summed E-state index contributed by atoms with van der Waals surface area (Å²) in [6.45, 7) is -0.0224. The van der Waals surface area contributed by atoms with Gasteiger partial charge in [-0.1, -0.05) is 59.1 Å². The predicted octanol–water partition coefficient (Wildman–Crippen LogP) is 4.95. The molecule has 0 amide bonds. The first kappa shape index (κ1) is 18.6. The Labute approximate surface area is 151 Å². The smallest absolute Gasteiger partial charge is 0.264 e. The van der Waals surface area contributed by atoms with Crippen molar-refractivity contribution >= 4 is 44.9 Å². The van der Waals surface area contributed by atoms with Gasteiger partial charge < -0.3 is 0 Å². The Morgan fingerprint density at radius 3 is 2.35 bits per heavy atom. The zero-order valence-electron chi connectivity index (χ0n) is 12.3. The lowest BCUT2D eigenvalue weighted by Gasteiger charge is -2.19. The summed E-state index contributed by atoms with van der Waals surface area (Å²) in [5.74, 6) is -0.269. The van der Waals surface area contributed by atoms with Crippen molar-refractivity contribution in [1.82, 2.24) is 0 Å². The van der Waals surface area contributed by atoms with Crippen LogP contribution in [0.15, 0.2) is 42.5 Å². The van der Waals surface area contributed by atoms with Crippen molar-refractivity contribution in [2.75, 3.05) is 12.9 Å². The van der Waals surface area contributed by atoms with E-state index >= 15 is 0 Å². The average Bonchev–Trinajstić information content (AvgIpc) is 2.45. The Hall–Kier alpha value is -0.780. The quantitative estimate of drug-likeness (QED) is 0.652. The minimum atomic E-state index is -3.55. The van der Waals surface area contributed by atoms with Gasteiger partial charge in [0, 0.05) is 21.0 Å². The molecular weight excluding hydrogens is 379 g/mol. The first-order valence-corrected chi connectivity index (χ1v) is 9.74. The summed E-state index contributed by atoms with van der Waals surface area (Å²) < 4.78 is 27.6. The van der Waals surface area contributed by atoms with E-state index in [1.54, 1.807) is 24.3 Å². The fourth-order valence-electron chi connectivity index (χ4n) is 2.23. The van der Waals surface area contributed by atoms with Gasteiger partial charge in [-0.15, -0.1) is 0 Å². The molecule has 0 aliphatic rings. The summed E-state index contributed by atoms with van der Waals surface area (Å²) in [6, 6.07) is 12.5. The van der Waals surface area contributed by atoms with Gasteiger partial charge in [-0.3, -0.25) is 4.18 Å². The second-order valence-corrected chi connectivity index (χ2v) is 8.04. The molecule has 0 aliphatic carbocycles. The van der Waals surface area contributed by atoms with Crippen LogP contribution in [0.5, 0.6) is 0 Å². The molecule has 3 nitrogen and oxygen atoms in total. The summed E-state index contributed by atoms with van der Waals surface area (Å²) in [5, 5.41) is 1.59. The van der Waals surface area contributed by atoms with Crippen LogP contribution in [0.25, 0.3) is 0 Å². The molecular formula is C16H15Cl3O3S. The van der Waals surface area contributed by atoms with Gasteiger partial charge in [-0.05, 0) is 35.7 Å². The topological polar surface area (TPSA) is 43.4 Å². The fraction of sp³-hybridized carbons (Fsp3) is 0.250. The maximum absolute atomic E-state index is 11.3. The van der Waals surface area contributed by atoms with Crippen molar-refractivity contribution in [3.63, 3.8) is 0 Å². The Morgan fingerprint density at radius 2 is 1.74 bits per heavy atom. The molecule has 0 aromatic heterocycles. The number of hydrogen-bond acceptors (Lipinski definition) is 3. The number of benzene rings is 2. The maximum Gasteiger partial charge on any atom is 0.264 e. The highest BCUT2D eigenvalue weighted by atomic mass is 35.5. The molecule has 0 heterocycles. The first-order chi connectivity index (χ1) is 10.8. The van der Waals surface area contributed by atoms with Crippen LogP contribution in [0.4, 0.5) is 0 Å². The van der Waals surface area contributed by atoms with Gasteiger partial charge in [0.05, 0.1) is 12.9 Å². The molecule has 0 N–H and O–H groups in total. The lowest BCUT2D eigenvalue weighted by molar-refractivity contribution is 0.293. The van der Waals surface area contributed by atoms with Crippen LogP contribution < -0.4 is 0 Å². The molecule has 0 bridgehead atoms. The Bertz CT molecular complexity index is 791. The van der Waals surface area contributed by atoms with Gasteiger partial charge in [-0.25, -0.2) is 0 Å². The largest absolute Gasteiger partial charge is 0.270 e. The lowest BCUT2D eigenvalue weighted by Crippen LogP contribution is -2.15. The molecule has 0 aliphatic heterocycles. The zero-order valence-corrected chi connectivity index (χ0v) is 15.4. The van der Waals surface area contributed by atoms with E-state index in [4.69, 9.17) is 39.0 Å². The Morgan fingerprint density at radius 1 is 1.04 bits per heavy atom. The predicted molar refractivity (Wildman–Crippen MR) is 95.2 cm³/mol. The standard InChI is InChI=1S/C16H15Cl3O3S/c1-23(20,21)22-10-12(8-11-4-2-3-5-15(11)18)14-7-6-13(17)9-16(14)19/h2-7,9,12H,8,10H2,1H3/t12-/m0/s1. The monoisotopic (exact) mass is 392 g/mol. The molecule has 0 unspecified atom stereocenters. The van der Waals surface area contributed by atoms with E-state index < -0.39 is 10.1 Å². The van der Waals surface area contributed by atoms with E-state index in [0.29, 0.717) is 21.5 Å². The van der Waals surface area contributed by atoms with E-state index in [2.05, 4.69) is 0 Å². The minimum Gasteiger partial charge on any atom is -0.270 e. The Balaban J connectivity index is 2.33. The van der Waals surface area contributed by atoms with Crippen LogP contribution in [0, 0.1) is 0 Å². The maximum atomic E-state index is 11.3. The molecule has 124 valence electrons. The third-order valence-electron chi connectivity index (χ3n) is 3.31. The van der Waals surface area contributed by atoms with Gasteiger partial charge in [-0.2, -0.15) is 8.42 Å². The summed E-state index contributed by atoms with van der Waals surface area (Å²) in [4.78, 5) is 0. The molecule has 23 heavy (non-hydrogen) atoms. The molecule has 2 rings (SSSR count). The third-order valence-corrected chi connectivity index (χ3v) is 4.81. The number of halogens is 3. The van der Waals surface area contributed by atoms with Crippen molar-refractivity contribution < 1.29 is 12.6 Å². The second-order valence-electron chi connectivity index (χ2n) is 5.15. The fourth-order valence-corrected chi connectivity index (χ4v) is 3.41. The van der Waals surface area contributed by atoms with Crippen molar-refractivity contribution in [2.24, 2.45) is 0 Å². The molecule has 7 heteroatoms. The van der Waals surface area contributed by atoms with Gasteiger partial charge in [0.15, 0.2) is 0 Å². The van der Waals surface area contributed by atoms with Crippen molar-refractivity contribution in [1.29, 1.82) is 0 Å². The number of rotatable bonds is 6. The van der Waals surface area contributed by atoms with Gasteiger partial charge in [0.2, 0.25) is 0 Å². The first-order valence-electron chi connectivity index (χ1n) is 6.79. The van der Waals surface area contributed by atoms with Crippen LogP contribution >= 0.6 is 34.8 Å². The lowest BCUT2D eigenvalue weighted by atomic mass is 9.92. The summed E-state index contributed by atoms with van der Waals surface area (Å²) in [5.41, 5.74) is 1.65. The molecule has 0 saturated carbocycles. The highest BCUT2D eigenvalue weighted by Gasteiger charge is 2.19. The van der Waals surface area contributed by atoms with Crippen molar-refractivity contribution in [3.8, 4) is 0 Å². The van der Waals surface area contributed by atoms with E-state index in [9.17, 15) is 8.42 Å². The zero-order chi connectivity index (χ0) is 17.0. The summed E-state index contributed by atoms with van der Waals surface area (Å²) in [6.07, 6.45) is 1.51. The van der Waals surface area contributed by atoms with Crippen molar-refractivity contribution in [3.05, 3.63) is 68.7 Å². The van der Waals surface area contributed by atoms with E-state index in [-0.39, 0.29) is 12.5 Å². The van der Waals surface area contributed by atoms with Gasteiger partial charge in [0.25, 0.3) is 10.1 Å². The van der Waals surface area contributed by atoms with E-state index in [1.807, 2.05) is 18.2 Å². The average molecular weight is 394 g/mol. The SMILES string of the molecule is CS(=O)(=O)OC[C@H](Cc1ccccc1Cl)c1ccc(Cl)cc1Cl. The van der Waals surface area contributed by atoms with Crippen LogP contribution in [0.1, 0.15) is 17.0 Å². The third kappa shape index (κ3) is 5.66. The second kappa shape index (κ2) is 7.86. The molecule has 1 atom stereocenters. The summed E-state index contributed by atoms with van der Waals surface area (Å²) in [7, 11) is -3.55. The van der Waals surface area contributed by atoms with E-state index in [0.717, 1.165) is 17.4 Å².